The standard InChI is InChI=1S/C16H16BrF2N/c1-3-20-10(2)13-6-5-12(18)9-14(13)15-8-11(17)4-7-16(15)19/h4-10,20H,3H2,1-2H3. The van der Waals surface area contributed by atoms with Gasteiger partial charge in [-0.25, -0.2) is 8.78 Å². The molecular formula is C16H16BrF2N. The predicted octanol–water partition coefficient (Wildman–Crippen LogP) is 5.06. The van der Waals surface area contributed by atoms with Crippen molar-refractivity contribution in [1.29, 1.82) is 0 Å². The molecule has 1 nitrogen and oxygen atoms in total. The summed E-state index contributed by atoms with van der Waals surface area (Å²) in [7, 11) is 0. The first kappa shape index (κ1) is 15.1. The van der Waals surface area contributed by atoms with Crippen LogP contribution in [0.3, 0.4) is 0 Å². The highest BCUT2D eigenvalue weighted by atomic mass is 79.9. The maximum absolute atomic E-state index is 14.1. The molecular weight excluding hydrogens is 324 g/mol. The summed E-state index contributed by atoms with van der Waals surface area (Å²) in [6.45, 7) is 4.77. The molecule has 0 radical (unpaired) electrons. The number of halogens is 3. The normalized spacial score (nSPS) is 12.4. The van der Waals surface area contributed by atoms with Crippen molar-refractivity contribution < 1.29 is 8.78 Å². The first-order chi connectivity index (χ1) is 9.52. The van der Waals surface area contributed by atoms with Gasteiger partial charge in [-0.15, -0.1) is 0 Å². The monoisotopic (exact) mass is 339 g/mol. The molecule has 2 rings (SSSR count). The second kappa shape index (κ2) is 6.46. The van der Waals surface area contributed by atoms with E-state index in [-0.39, 0.29) is 17.7 Å². The Morgan fingerprint density at radius 3 is 2.55 bits per heavy atom. The molecule has 0 saturated carbocycles. The minimum Gasteiger partial charge on any atom is -0.310 e. The maximum Gasteiger partial charge on any atom is 0.131 e. The fourth-order valence-electron chi connectivity index (χ4n) is 2.26. The number of nitrogens with one attached hydrogen (secondary N) is 1. The fraction of sp³-hybridized carbons (Fsp3) is 0.250. The molecule has 1 unspecified atom stereocenters. The van der Waals surface area contributed by atoms with E-state index in [0.717, 1.165) is 16.6 Å². The van der Waals surface area contributed by atoms with E-state index in [1.54, 1.807) is 18.2 Å². The first-order valence-electron chi connectivity index (χ1n) is 6.51. The van der Waals surface area contributed by atoms with Gasteiger partial charge >= 0.3 is 0 Å². The average molecular weight is 340 g/mol. The van der Waals surface area contributed by atoms with Crippen molar-refractivity contribution in [3.63, 3.8) is 0 Å². The highest BCUT2D eigenvalue weighted by Gasteiger charge is 2.15. The van der Waals surface area contributed by atoms with Crippen molar-refractivity contribution >= 4 is 15.9 Å². The Bertz CT molecular complexity index is 613. The predicted molar refractivity (Wildman–Crippen MR) is 81.6 cm³/mol. The van der Waals surface area contributed by atoms with Gasteiger partial charge in [0, 0.05) is 16.1 Å². The molecule has 2 aromatic carbocycles. The van der Waals surface area contributed by atoms with Gasteiger partial charge in [-0.05, 0) is 54.9 Å². The highest BCUT2D eigenvalue weighted by Crippen LogP contribution is 2.32. The van der Waals surface area contributed by atoms with Gasteiger partial charge in [0.2, 0.25) is 0 Å². The lowest BCUT2D eigenvalue weighted by Gasteiger charge is -2.18. The summed E-state index contributed by atoms with van der Waals surface area (Å²) in [5.74, 6) is -0.726. The lowest BCUT2D eigenvalue weighted by molar-refractivity contribution is 0.591. The van der Waals surface area contributed by atoms with Crippen molar-refractivity contribution in [2.24, 2.45) is 0 Å². The van der Waals surface area contributed by atoms with Crippen LogP contribution in [0.4, 0.5) is 8.78 Å². The molecule has 0 amide bonds. The Morgan fingerprint density at radius 2 is 1.85 bits per heavy atom. The molecule has 0 bridgehead atoms. The number of hydrogen-bond donors (Lipinski definition) is 1. The van der Waals surface area contributed by atoms with Crippen molar-refractivity contribution in [3.05, 3.63) is 58.1 Å². The second-order valence-corrected chi connectivity index (χ2v) is 5.55. The molecule has 106 valence electrons. The van der Waals surface area contributed by atoms with E-state index in [2.05, 4.69) is 21.2 Å². The molecule has 0 aliphatic heterocycles. The summed E-state index contributed by atoms with van der Waals surface area (Å²) in [5, 5.41) is 3.27. The van der Waals surface area contributed by atoms with E-state index in [9.17, 15) is 8.78 Å². The largest absolute Gasteiger partial charge is 0.310 e. The molecule has 0 spiro atoms. The maximum atomic E-state index is 14.1. The Labute approximate surface area is 126 Å². The van der Waals surface area contributed by atoms with Crippen molar-refractivity contribution in [2.45, 2.75) is 19.9 Å². The van der Waals surface area contributed by atoms with E-state index < -0.39 is 0 Å². The van der Waals surface area contributed by atoms with E-state index in [1.165, 1.54) is 18.2 Å². The van der Waals surface area contributed by atoms with Crippen LogP contribution in [0.1, 0.15) is 25.5 Å². The Hall–Kier alpha value is -1.26. The van der Waals surface area contributed by atoms with Gasteiger partial charge in [-0.2, -0.15) is 0 Å². The van der Waals surface area contributed by atoms with Crippen LogP contribution in [0.2, 0.25) is 0 Å². The van der Waals surface area contributed by atoms with E-state index >= 15 is 0 Å². The van der Waals surface area contributed by atoms with Crippen molar-refractivity contribution in [1.82, 2.24) is 5.32 Å². The lowest BCUT2D eigenvalue weighted by Crippen LogP contribution is -2.18. The summed E-state index contributed by atoms with van der Waals surface area (Å²) in [6.07, 6.45) is 0. The first-order valence-corrected chi connectivity index (χ1v) is 7.30. The van der Waals surface area contributed by atoms with Crippen molar-refractivity contribution in [3.8, 4) is 11.1 Å². The molecule has 0 fully saturated rings. The third kappa shape index (κ3) is 3.25. The summed E-state index contributed by atoms with van der Waals surface area (Å²) in [5.41, 5.74) is 1.86. The third-order valence-corrected chi connectivity index (χ3v) is 3.70. The molecule has 4 heteroatoms. The molecule has 20 heavy (non-hydrogen) atoms. The molecule has 0 aromatic heterocycles. The molecule has 2 aromatic rings. The van der Waals surface area contributed by atoms with E-state index in [0.29, 0.717) is 11.1 Å². The van der Waals surface area contributed by atoms with Crippen LogP contribution in [0, 0.1) is 11.6 Å². The second-order valence-electron chi connectivity index (χ2n) is 4.64. The van der Waals surface area contributed by atoms with Gasteiger partial charge in [-0.1, -0.05) is 28.9 Å². The summed E-state index contributed by atoms with van der Waals surface area (Å²) in [6, 6.07) is 9.20. The van der Waals surface area contributed by atoms with Crippen LogP contribution in [0.15, 0.2) is 40.9 Å². The Morgan fingerprint density at radius 1 is 1.10 bits per heavy atom. The average Bonchev–Trinajstić information content (AvgIpc) is 2.41. The zero-order valence-corrected chi connectivity index (χ0v) is 13.0. The highest BCUT2D eigenvalue weighted by molar-refractivity contribution is 9.10. The van der Waals surface area contributed by atoms with Crippen LogP contribution in [-0.2, 0) is 0 Å². The zero-order chi connectivity index (χ0) is 14.7. The number of benzene rings is 2. The van der Waals surface area contributed by atoms with Gasteiger partial charge in [-0.3, -0.25) is 0 Å². The Balaban J connectivity index is 2.59. The molecule has 0 aliphatic rings. The molecule has 0 aliphatic carbocycles. The summed E-state index contributed by atoms with van der Waals surface area (Å²) in [4.78, 5) is 0. The Kier molecular flexibility index (Phi) is 4.89. The topological polar surface area (TPSA) is 12.0 Å². The van der Waals surface area contributed by atoms with Gasteiger partial charge in [0.05, 0.1) is 0 Å². The van der Waals surface area contributed by atoms with Gasteiger partial charge in [0.15, 0.2) is 0 Å². The fourth-order valence-corrected chi connectivity index (χ4v) is 2.62. The summed E-state index contributed by atoms with van der Waals surface area (Å²) >= 11 is 3.33. The minimum atomic E-state index is -0.369. The third-order valence-electron chi connectivity index (χ3n) is 3.21. The van der Waals surface area contributed by atoms with Gasteiger partial charge < -0.3 is 5.32 Å². The number of rotatable bonds is 4. The van der Waals surface area contributed by atoms with Crippen LogP contribution in [0.5, 0.6) is 0 Å². The zero-order valence-electron chi connectivity index (χ0n) is 11.4. The molecule has 0 heterocycles. The van der Waals surface area contributed by atoms with Crippen LogP contribution in [0.25, 0.3) is 11.1 Å². The summed E-state index contributed by atoms with van der Waals surface area (Å²) < 4.78 is 28.4. The van der Waals surface area contributed by atoms with Crippen LogP contribution < -0.4 is 5.32 Å². The number of hydrogen-bond acceptors (Lipinski definition) is 1. The minimum absolute atomic E-state index is 0.0222. The van der Waals surface area contributed by atoms with Gasteiger partial charge in [0.25, 0.3) is 0 Å². The SMILES string of the molecule is CCNC(C)c1ccc(F)cc1-c1cc(Br)ccc1F. The molecule has 1 atom stereocenters. The smallest absolute Gasteiger partial charge is 0.131 e. The van der Waals surface area contributed by atoms with E-state index in [4.69, 9.17) is 0 Å². The molecule has 0 saturated heterocycles. The van der Waals surface area contributed by atoms with Gasteiger partial charge in [0.1, 0.15) is 11.6 Å². The van der Waals surface area contributed by atoms with Crippen molar-refractivity contribution in [2.75, 3.05) is 6.54 Å². The van der Waals surface area contributed by atoms with E-state index in [1.807, 2.05) is 13.8 Å². The van der Waals surface area contributed by atoms with Crippen LogP contribution in [-0.4, -0.2) is 6.54 Å². The quantitative estimate of drug-likeness (QED) is 0.820. The lowest BCUT2D eigenvalue weighted by atomic mass is 9.95. The van der Waals surface area contributed by atoms with Crippen LogP contribution >= 0.6 is 15.9 Å². The molecule has 1 N–H and O–H groups in total.